The zero-order valence-corrected chi connectivity index (χ0v) is 23.2. The molecule has 4 aromatic rings. The molecule has 44 heavy (non-hydrogen) atoms. The number of carboxylic acids is 2. The predicted molar refractivity (Wildman–Crippen MR) is 157 cm³/mol. The first kappa shape index (κ1) is 30.7. The van der Waals surface area contributed by atoms with Crippen LogP contribution in [0.15, 0.2) is 84.9 Å². The highest BCUT2D eigenvalue weighted by Gasteiger charge is 2.21. The number of benzene rings is 4. The Kier molecular flexibility index (Phi) is 9.14. The molecule has 4 aromatic carbocycles. The van der Waals surface area contributed by atoms with Gasteiger partial charge in [-0.25, -0.2) is 9.59 Å². The van der Waals surface area contributed by atoms with Gasteiger partial charge in [-0.1, -0.05) is 24.3 Å². The van der Waals surface area contributed by atoms with Crippen molar-refractivity contribution in [2.24, 2.45) is 0 Å². The monoisotopic (exact) mass is 596 g/mol. The maximum Gasteiger partial charge on any atom is 0.336 e. The minimum Gasteiger partial charge on any atom is -0.478 e. The largest absolute Gasteiger partial charge is 0.478 e. The fraction of sp³-hybridized carbons (Fsp3) is 0.0625. The van der Waals surface area contributed by atoms with E-state index in [0.29, 0.717) is 0 Å². The van der Waals surface area contributed by atoms with Crippen molar-refractivity contribution in [3.63, 3.8) is 0 Å². The standard InChI is InChI=1S/C32H24N2O10/c1-17(35)43-23-7-3-5-21(15-23)33-29(37)25-11-9-19(13-27(25)31(39)40)20-10-12-26(28(14-20)32(41)42)30(38)34-22-6-4-8-24(16-22)44-18(2)36/h3-16H,1-2H3,(H,33,37)(H,34,38)(H,39,40)(H,41,42). The maximum atomic E-state index is 13.0. The first-order valence-corrected chi connectivity index (χ1v) is 12.9. The number of anilines is 2. The summed E-state index contributed by atoms with van der Waals surface area (Å²) in [4.78, 5) is 72.6. The summed E-state index contributed by atoms with van der Waals surface area (Å²) in [5.41, 5.74) is -0.00249. The minimum atomic E-state index is -1.41. The van der Waals surface area contributed by atoms with Gasteiger partial charge >= 0.3 is 23.9 Å². The third-order valence-corrected chi connectivity index (χ3v) is 6.03. The molecule has 12 heteroatoms. The molecule has 0 bridgehead atoms. The molecule has 0 saturated carbocycles. The maximum absolute atomic E-state index is 13.0. The van der Waals surface area contributed by atoms with Gasteiger partial charge in [-0.05, 0) is 59.7 Å². The summed E-state index contributed by atoms with van der Waals surface area (Å²) in [6.07, 6.45) is 0. The second kappa shape index (κ2) is 13.1. The van der Waals surface area contributed by atoms with Gasteiger partial charge in [0.1, 0.15) is 11.5 Å². The number of aromatic carboxylic acids is 2. The summed E-state index contributed by atoms with van der Waals surface area (Å²) in [5.74, 6) is -5.04. The lowest BCUT2D eigenvalue weighted by atomic mass is 9.95. The summed E-state index contributed by atoms with van der Waals surface area (Å²) in [6.45, 7) is 2.45. The van der Waals surface area contributed by atoms with E-state index in [2.05, 4.69) is 10.6 Å². The van der Waals surface area contributed by atoms with E-state index in [4.69, 9.17) is 9.47 Å². The van der Waals surface area contributed by atoms with Gasteiger partial charge in [0.15, 0.2) is 0 Å². The SMILES string of the molecule is CC(=O)Oc1cccc(NC(=O)c2ccc(-c3ccc(C(=O)Nc4cccc(OC(C)=O)c4)c(C(=O)O)c3)cc2C(=O)O)c1. The highest BCUT2D eigenvalue weighted by Crippen LogP contribution is 2.28. The summed E-state index contributed by atoms with van der Waals surface area (Å²) in [7, 11) is 0. The number of ether oxygens (including phenoxy) is 2. The molecular formula is C32H24N2O10. The molecule has 4 N–H and O–H groups in total. The van der Waals surface area contributed by atoms with E-state index in [1.807, 2.05) is 0 Å². The van der Waals surface area contributed by atoms with E-state index in [1.54, 1.807) is 12.1 Å². The second-order valence-corrected chi connectivity index (χ2v) is 9.28. The average molecular weight is 597 g/mol. The van der Waals surface area contributed by atoms with Gasteiger partial charge < -0.3 is 30.3 Å². The molecule has 0 aliphatic rings. The highest BCUT2D eigenvalue weighted by molar-refractivity contribution is 6.12. The van der Waals surface area contributed by atoms with Gasteiger partial charge in [0, 0.05) is 37.4 Å². The number of hydrogen-bond acceptors (Lipinski definition) is 8. The Hall–Kier alpha value is -6.30. The van der Waals surface area contributed by atoms with Crippen molar-refractivity contribution >= 4 is 47.1 Å². The van der Waals surface area contributed by atoms with Crippen molar-refractivity contribution in [3.8, 4) is 22.6 Å². The fourth-order valence-corrected chi connectivity index (χ4v) is 4.20. The van der Waals surface area contributed by atoms with Gasteiger partial charge in [0.2, 0.25) is 0 Å². The molecule has 2 amide bonds. The lowest BCUT2D eigenvalue weighted by Crippen LogP contribution is -2.17. The topological polar surface area (TPSA) is 185 Å². The molecule has 0 aliphatic carbocycles. The third kappa shape index (κ3) is 7.50. The zero-order chi connectivity index (χ0) is 32.0. The number of hydrogen-bond donors (Lipinski definition) is 4. The molecule has 0 atom stereocenters. The molecule has 0 aromatic heterocycles. The van der Waals surface area contributed by atoms with Crippen LogP contribution in [0.4, 0.5) is 11.4 Å². The van der Waals surface area contributed by atoms with Crippen LogP contribution in [0.1, 0.15) is 55.3 Å². The number of carbonyl (C=O) groups is 6. The van der Waals surface area contributed by atoms with Crippen molar-refractivity contribution in [1.82, 2.24) is 0 Å². The normalized spacial score (nSPS) is 10.3. The molecule has 0 aliphatic heterocycles. The Bertz CT molecular complexity index is 1700. The van der Waals surface area contributed by atoms with E-state index in [1.165, 1.54) is 86.6 Å². The Balaban J connectivity index is 1.61. The number of rotatable bonds is 9. The number of carboxylic acid groups (broad SMARTS) is 2. The van der Waals surface area contributed by atoms with Gasteiger partial charge in [0.05, 0.1) is 22.3 Å². The Morgan fingerprint density at radius 2 is 0.909 bits per heavy atom. The number of esters is 2. The summed E-state index contributed by atoms with van der Waals surface area (Å²) in [6, 6.07) is 19.8. The molecule has 0 heterocycles. The molecular weight excluding hydrogens is 572 g/mol. The molecule has 0 spiro atoms. The van der Waals surface area contributed by atoms with E-state index in [0.717, 1.165) is 0 Å². The lowest BCUT2D eigenvalue weighted by molar-refractivity contribution is -0.132. The van der Waals surface area contributed by atoms with Crippen molar-refractivity contribution in [3.05, 3.63) is 107 Å². The first-order valence-electron chi connectivity index (χ1n) is 12.9. The summed E-state index contributed by atoms with van der Waals surface area (Å²) < 4.78 is 10.00. The van der Waals surface area contributed by atoms with Crippen LogP contribution in [0.2, 0.25) is 0 Å². The number of amides is 2. The molecule has 0 radical (unpaired) electrons. The van der Waals surface area contributed by atoms with Crippen LogP contribution in [0, 0.1) is 0 Å². The lowest BCUT2D eigenvalue weighted by Gasteiger charge is -2.13. The predicted octanol–water partition coefficient (Wildman–Crippen LogP) is 5.11. The number of nitrogens with one attached hydrogen (secondary N) is 2. The van der Waals surface area contributed by atoms with Crippen molar-refractivity contribution in [1.29, 1.82) is 0 Å². The van der Waals surface area contributed by atoms with Gasteiger partial charge in [-0.3, -0.25) is 19.2 Å². The second-order valence-electron chi connectivity index (χ2n) is 9.28. The fourth-order valence-electron chi connectivity index (χ4n) is 4.20. The van der Waals surface area contributed by atoms with E-state index in [9.17, 15) is 39.0 Å². The van der Waals surface area contributed by atoms with Crippen LogP contribution in [0.5, 0.6) is 11.5 Å². The van der Waals surface area contributed by atoms with Crippen LogP contribution in [0.3, 0.4) is 0 Å². The zero-order valence-electron chi connectivity index (χ0n) is 23.2. The third-order valence-electron chi connectivity index (χ3n) is 6.03. The molecule has 222 valence electrons. The average Bonchev–Trinajstić information content (AvgIpc) is 2.96. The van der Waals surface area contributed by atoms with E-state index < -0.39 is 35.7 Å². The van der Waals surface area contributed by atoms with E-state index in [-0.39, 0.29) is 56.3 Å². The summed E-state index contributed by atoms with van der Waals surface area (Å²) in [5, 5.41) is 24.8. The first-order chi connectivity index (χ1) is 20.9. The van der Waals surface area contributed by atoms with Gasteiger partial charge in [0.25, 0.3) is 11.8 Å². The molecule has 0 fully saturated rings. The van der Waals surface area contributed by atoms with Crippen molar-refractivity contribution in [2.45, 2.75) is 13.8 Å². The smallest absolute Gasteiger partial charge is 0.336 e. The Morgan fingerprint density at radius 1 is 0.523 bits per heavy atom. The quantitative estimate of drug-likeness (QED) is 0.150. The molecule has 4 rings (SSSR count). The minimum absolute atomic E-state index is 0.176. The number of carbonyl (C=O) groups excluding carboxylic acids is 4. The molecule has 0 saturated heterocycles. The highest BCUT2D eigenvalue weighted by atomic mass is 16.5. The van der Waals surface area contributed by atoms with Crippen molar-refractivity contribution < 1.29 is 48.5 Å². The van der Waals surface area contributed by atoms with Crippen LogP contribution < -0.4 is 20.1 Å². The van der Waals surface area contributed by atoms with Gasteiger partial charge in [-0.2, -0.15) is 0 Å². The van der Waals surface area contributed by atoms with Crippen LogP contribution >= 0.6 is 0 Å². The Morgan fingerprint density at radius 3 is 1.25 bits per heavy atom. The van der Waals surface area contributed by atoms with Crippen molar-refractivity contribution in [2.75, 3.05) is 10.6 Å². The van der Waals surface area contributed by atoms with Crippen LogP contribution in [0.25, 0.3) is 11.1 Å². The van der Waals surface area contributed by atoms with Crippen LogP contribution in [-0.4, -0.2) is 45.9 Å². The summed E-state index contributed by atoms with van der Waals surface area (Å²) >= 11 is 0. The van der Waals surface area contributed by atoms with Gasteiger partial charge in [-0.15, -0.1) is 0 Å². The van der Waals surface area contributed by atoms with Crippen LogP contribution in [-0.2, 0) is 9.59 Å². The van der Waals surface area contributed by atoms with E-state index >= 15 is 0 Å². The molecule has 0 unspecified atom stereocenters. The molecule has 12 nitrogen and oxygen atoms in total. The Labute approximate surface area is 249 Å².